The molecule has 1 fully saturated rings. The first kappa shape index (κ1) is 12.5. The molecule has 0 aromatic carbocycles. The third-order valence-corrected chi connectivity index (χ3v) is 5.96. The number of H-pyrrole nitrogens is 1. The van der Waals surface area contributed by atoms with Gasteiger partial charge in [0.05, 0.1) is 5.25 Å². The van der Waals surface area contributed by atoms with Crippen molar-refractivity contribution in [2.75, 3.05) is 11.5 Å². The van der Waals surface area contributed by atoms with Crippen molar-refractivity contribution >= 4 is 35.7 Å². The second kappa shape index (κ2) is 5.56. The van der Waals surface area contributed by atoms with Gasteiger partial charge < -0.3 is 4.98 Å². The van der Waals surface area contributed by atoms with Gasteiger partial charge in [0.15, 0.2) is 0 Å². The average Bonchev–Trinajstić information content (AvgIpc) is 2.28. The topological polar surface area (TPSA) is 28.7 Å². The number of hydrogen-bond donors (Lipinski definition) is 1. The molecular formula is C11H16N2S3. The Balaban J connectivity index is 2.31. The van der Waals surface area contributed by atoms with Crippen LogP contribution in [-0.4, -0.2) is 26.7 Å². The highest BCUT2D eigenvalue weighted by molar-refractivity contribution is 8.06. The van der Waals surface area contributed by atoms with E-state index in [-0.39, 0.29) is 0 Å². The Labute approximate surface area is 110 Å². The van der Waals surface area contributed by atoms with Crippen LogP contribution in [0.25, 0.3) is 0 Å². The molecule has 2 heterocycles. The van der Waals surface area contributed by atoms with E-state index in [1.54, 1.807) is 0 Å². The lowest BCUT2D eigenvalue weighted by atomic mass is 10.2. The minimum absolute atomic E-state index is 0.465. The van der Waals surface area contributed by atoms with Crippen LogP contribution in [0.3, 0.4) is 0 Å². The molecule has 0 aliphatic carbocycles. The highest BCUT2D eigenvalue weighted by Crippen LogP contribution is 2.40. The van der Waals surface area contributed by atoms with Gasteiger partial charge in [0.25, 0.3) is 0 Å². The molecule has 5 heteroatoms. The number of aromatic amines is 1. The Morgan fingerprint density at radius 2 is 2.25 bits per heavy atom. The summed E-state index contributed by atoms with van der Waals surface area (Å²) >= 11 is 9.23. The minimum atomic E-state index is 0.465. The van der Waals surface area contributed by atoms with E-state index < -0.39 is 0 Å². The molecular weight excluding hydrogens is 256 g/mol. The predicted octanol–water partition coefficient (Wildman–Crippen LogP) is 3.61. The van der Waals surface area contributed by atoms with E-state index in [0.717, 1.165) is 12.2 Å². The van der Waals surface area contributed by atoms with Crippen molar-refractivity contribution in [3.05, 3.63) is 22.2 Å². The first-order valence-electron chi connectivity index (χ1n) is 5.54. The molecule has 2 rings (SSSR count). The van der Waals surface area contributed by atoms with Gasteiger partial charge in [-0.2, -0.15) is 11.8 Å². The molecule has 88 valence electrons. The molecule has 0 radical (unpaired) electrons. The highest BCUT2D eigenvalue weighted by atomic mass is 32.2. The van der Waals surface area contributed by atoms with Crippen LogP contribution in [-0.2, 0) is 6.42 Å². The standard InChI is InChI=1S/C11H16N2S3/c1-3-8-6-9(14)13-11(12-8)10-7(2)15-4-5-16-10/h6-7,10H,3-5H2,1-2H3,(H,12,13,14). The van der Waals surface area contributed by atoms with Gasteiger partial charge in [0.1, 0.15) is 10.5 Å². The van der Waals surface area contributed by atoms with Gasteiger partial charge in [0.2, 0.25) is 0 Å². The minimum Gasteiger partial charge on any atom is -0.346 e. The van der Waals surface area contributed by atoms with Crippen molar-refractivity contribution in [2.24, 2.45) is 0 Å². The largest absolute Gasteiger partial charge is 0.346 e. The Morgan fingerprint density at radius 3 is 2.94 bits per heavy atom. The molecule has 1 aromatic rings. The molecule has 0 saturated carbocycles. The van der Waals surface area contributed by atoms with E-state index in [1.807, 2.05) is 29.6 Å². The van der Waals surface area contributed by atoms with Crippen molar-refractivity contribution in [3.8, 4) is 0 Å². The molecule has 0 bridgehead atoms. The third kappa shape index (κ3) is 2.81. The van der Waals surface area contributed by atoms with Crippen molar-refractivity contribution in [3.63, 3.8) is 0 Å². The first-order chi connectivity index (χ1) is 7.70. The molecule has 1 aromatic heterocycles. The average molecular weight is 272 g/mol. The third-order valence-electron chi connectivity index (χ3n) is 2.66. The lowest BCUT2D eigenvalue weighted by Crippen LogP contribution is -2.18. The maximum Gasteiger partial charge on any atom is 0.130 e. The molecule has 1 aliphatic rings. The number of rotatable bonds is 2. The van der Waals surface area contributed by atoms with E-state index in [4.69, 9.17) is 12.2 Å². The van der Waals surface area contributed by atoms with Crippen LogP contribution < -0.4 is 0 Å². The second-order valence-corrected chi connectivity index (χ2v) is 7.00. The summed E-state index contributed by atoms with van der Waals surface area (Å²) < 4.78 is 0.717. The van der Waals surface area contributed by atoms with Gasteiger partial charge in [-0.3, -0.25) is 0 Å². The Hall–Kier alpha value is -0.0000000000000000555. The maximum atomic E-state index is 5.21. The van der Waals surface area contributed by atoms with Crippen LogP contribution in [0.4, 0.5) is 0 Å². The zero-order valence-electron chi connectivity index (χ0n) is 9.53. The van der Waals surface area contributed by atoms with E-state index in [0.29, 0.717) is 15.1 Å². The number of aromatic nitrogens is 2. The van der Waals surface area contributed by atoms with Crippen LogP contribution in [0.15, 0.2) is 6.07 Å². The summed E-state index contributed by atoms with van der Waals surface area (Å²) in [4.78, 5) is 7.90. The van der Waals surface area contributed by atoms with Crippen molar-refractivity contribution in [1.29, 1.82) is 0 Å². The highest BCUT2D eigenvalue weighted by Gasteiger charge is 2.26. The van der Waals surface area contributed by atoms with Crippen LogP contribution in [0.2, 0.25) is 0 Å². The summed E-state index contributed by atoms with van der Waals surface area (Å²) in [5.74, 6) is 3.52. The quantitative estimate of drug-likeness (QED) is 0.833. The van der Waals surface area contributed by atoms with Gasteiger partial charge in [-0.25, -0.2) is 4.98 Å². The van der Waals surface area contributed by atoms with Crippen molar-refractivity contribution < 1.29 is 0 Å². The molecule has 2 nitrogen and oxygen atoms in total. The molecule has 2 atom stereocenters. The summed E-state index contributed by atoms with van der Waals surface area (Å²) in [7, 11) is 0. The summed E-state index contributed by atoms with van der Waals surface area (Å²) in [5.41, 5.74) is 1.19. The maximum absolute atomic E-state index is 5.21. The van der Waals surface area contributed by atoms with Gasteiger partial charge in [-0.15, -0.1) is 11.8 Å². The van der Waals surface area contributed by atoms with Crippen LogP contribution in [0.5, 0.6) is 0 Å². The number of nitrogens with zero attached hydrogens (tertiary/aromatic N) is 1. The SMILES string of the molecule is CCc1cc(=S)nc(C2SCCSC2C)[nH]1. The van der Waals surface area contributed by atoms with Crippen LogP contribution in [0, 0.1) is 4.64 Å². The monoisotopic (exact) mass is 272 g/mol. The van der Waals surface area contributed by atoms with E-state index in [1.165, 1.54) is 17.2 Å². The van der Waals surface area contributed by atoms with Crippen LogP contribution >= 0.6 is 35.7 Å². The zero-order chi connectivity index (χ0) is 11.5. The smallest absolute Gasteiger partial charge is 0.130 e. The van der Waals surface area contributed by atoms with E-state index in [2.05, 4.69) is 23.8 Å². The summed E-state index contributed by atoms with van der Waals surface area (Å²) in [6, 6.07) is 1.96. The Morgan fingerprint density at radius 1 is 1.50 bits per heavy atom. The van der Waals surface area contributed by atoms with Gasteiger partial charge in [-0.1, -0.05) is 26.1 Å². The number of nitrogens with one attached hydrogen (secondary N) is 1. The summed E-state index contributed by atoms with van der Waals surface area (Å²) in [5, 5.41) is 1.08. The fourth-order valence-corrected chi connectivity index (χ4v) is 4.74. The molecule has 1 N–H and O–H groups in total. The summed E-state index contributed by atoms with van der Waals surface area (Å²) in [6.45, 7) is 4.41. The number of hydrogen-bond acceptors (Lipinski definition) is 4. The normalized spacial score (nSPS) is 25.6. The van der Waals surface area contributed by atoms with Gasteiger partial charge >= 0.3 is 0 Å². The molecule has 0 amide bonds. The fraction of sp³-hybridized carbons (Fsp3) is 0.636. The van der Waals surface area contributed by atoms with Crippen LogP contribution in [0.1, 0.15) is 30.6 Å². The fourth-order valence-electron chi connectivity index (χ4n) is 1.79. The molecule has 0 spiro atoms. The van der Waals surface area contributed by atoms with E-state index >= 15 is 0 Å². The molecule has 16 heavy (non-hydrogen) atoms. The number of thioether (sulfide) groups is 2. The Bertz CT molecular complexity index is 416. The molecule has 1 saturated heterocycles. The Kier molecular flexibility index (Phi) is 4.33. The second-order valence-electron chi connectivity index (χ2n) is 3.85. The molecule has 1 aliphatic heterocycles. The lowest BCUT2D eigenvalue weighted by Gasteiger charge is -2.27. The summed E-state index contributed by atoms with van der Waals surface area (Å²) in [6.07, 6.45) is 0.984. The van der Waals surface area contributed by atoms with Crippen molar-refractivity contribution in [2.45, 2.75) is 30.8 Å². The zero-order valence-corrected chi connectivity index (χ0v) is 12.0. The number of aryl methyl sites for hydroxylation is 1. The predicted molar refractivity (Wildman–Crippen MR) is 75.9 cm³/mol. The lowest BCUT2D eigenvalue weighted by molar-refractivity contribution is 0.800. The van der Waals surface area contributed by atoms with Crippen molar-refractivity contribution in [1.82, 2.24) is 9.97 Å². The first-order valence-corrected chi connectivity index (χ1v) is 8.04. The van der Waals surface area contributed by atoms with E-state index in [9.17, 15) is 0 Å². The molecule has 2 unspecified atom stereocenters. The van der Waals surface area contributed by atoms with Gasteiger partial charge in [0, 0.05) is 22.4 Å². The van der Waals surface area contributed by atoms with Gasteiger partial charge in [-0.05, 0) is 12.5 Å².